The number of ether oxygens (including phenoxy) is 2. The van der Waals surface area contributed by atoms with Crippen molar-refractivity contribution in [1.29, 1.82) is 0 Å². The third-order valence-corrected chi connectivity index (χ3v) is 3.56. The van der Waals surface area contributed by atoms with Crippen molar-refractivity contribution >= 4 is 22.6 Å². The smallest absolute Gasteiger partial charge is 0.0704 e. The SMILES string of the molecule is CCOCCOC1CCCC1I. The molecule has 0 N–H and O–H groups in total. The lowest BCUT2D eigenvalue weighted by Gasteiger charge is -2.14. The molecule has 1 aliphatic rings. The summed E-state index contributed by atoms with van der Waals surface area (Å²) >= 11 is 2.49. The van der Waals surface area contributed by atoms with Gasteiger partial charge in [0.2, 0.25) is 0 Å². The van der Waals surface area contributed by atoms with Crippen LogP contribution < -0.4 is 0 Å². The fourth-order valence-corrected chi connectivity index (χ4v) is 2.48. The first-order valence-corrected chi connectivity index (χ1v) is 5.92. The van der Waals surface area contributed by atoms with Crippen LogP contribution in [0, 0.1) is 0 Å². The highest BCUT2D eigenvalue weighted by atomic mass is 127. The molecule has 3 heteroatoms. The average molecular weight is 284 g/mol. The Labute approximate surface area is 88.1 Å². The van der Waals surface area contributed by atoms with E-state index in [0.29, 0.717) is 6.10 Å². The first kappa shape index (κ1) is 10.7. The summed E-state index contributed by atoms with van der Waals surface area (Å²) in [5.41, 5.74) is 0. The summed E-state index contributed by atoms with van der Waals surface area (Å²) < 4.78 is 11.6. The minimum Gasteiger partial charge on any atom is -0.379 e. The molecule has 0 aliphatic heterocycles. The van der Waals surface area contributed by atoms with Gasteiger partial charge >= 0.3 is 0 Å². The Morgan fingerprint density at radius 2 is 2.17 bits per heavy atom. The third-order valence-electron chi connectivity index (χ3n) is 2.14. The van der Waals surface area contributed by atoms with Crippen LogP contribution in [0.1, 0.15) is 26.2 Å². The first-order chi connectivity index (χ1) is 5.84. The maximum Gasteiger partial charge on any atom is 0.0704 e. The van der Waals surface area contributed by atoms with Gasteiger partial charge in [-0.15, -0.1) is 0 Å². The molecule has 0 saturated heterocycles. The summed E-state index contributed by atoms with van der Waals surface area (Å²) in [5.74, 6) is 0. The number of alkyl halides is 1. The average Bonchev–Trinajstić information content (AvgIpc) is 2.46. The molecule has 0 aromatic heterocycles. The molecule has 0 amide bonds. The number of rotatable bonds is 5. The van der Waals surface area contributed by atoms with Crippen molar-refractivity contribution in [2.75, 3.05) is 19.8 Å². The minimum absolute atomic E-state index is 0.492. The summed E-state index contributed by atoms with van der Waals surface area (Å²) in [6, 6.07) is 0. The maximum atomic E-state index is 5.68. The fraction of sp³-hybridized carbons (Fsp3) is 1.00. The second-order valence-corrected chi connectivity index (χ2v) is 4.65. The quantitative estimate of drug-likeness (QED) is 0.438. The van der Waals surface area contributed by atoms with E-state index in [4.69, 9.17) is 9.47 Å². The molecule has 0 radical (unpaired) electrons. The lowest BCUT2D eigenvalue weighted by Crippen LogP contribution is -2.20. The van der Waals surface area contributed by atoms with Crippen LogP contribution >= 0.6 is 22.6 Å². The highest BCUT2D eigenvalue weighted by Gasteiger charge is 2.24. The molecular formula is C9H17IO2. The topological polar surface area (TPSA) is 18.5 Å². The zero-order valence-corrected chi connectivity index (χ0v) is 9.75. The second-order valence-electron chi connectivity index (χ2n) is 3.05. The van der Waals surface area contributed by atoms with Crippen LogP contribution in [-0.2, 0) is 9.47 Å². The predicted octanol–water partition coefficient (Wildman–Crippen LogP) is 2.40. The van der Waals surface area contributed by atoms with Crippen LogP contribution in [0.3, 0.4) is 0 Å². The molecule has 12 heavy (non-hydrogen) atoms. The summed E-state index contributed by atoms with van der Waals surface area (Å²) in [5, 5.41) is 0. The summed E-state index contributed by atoms with van der Waals surface area (Å²) in [4.78, 5) is 0. The van der Waals surface area contributed by atoms with Gasteiger partial charge in [0.1, 0.15) is 0 Å². The minimum atomic E-state index is 0.492. The van der Waals surface area contributed by atoms with Crippen molar-refractivity contribution in [3.8, 4) is 0 Å². The molecule has 2 atom stereocenters. The zero-order valence-electron chi connectivity index (χ0n) is 7.59. The van der Waals surface area contributed by atoms with Crippen LogP contribution in [0.25, 0.3) is 0 Å². The van der Waals surface area contributed by atoms with E-state index in [1.54, 1.807) is 0 Å². The van der Waals surface area contributed by atoms with Crippen LogP contribution in [0.4, 0.5) is 0 Å². The highest BCUT2D eigenvalue weighted by Crippen LogP contribution is 2.28. The van der Waals surface area contributed by atoms with E-state index in [1.807, 2.05) is 6.92 Å². The summed E-state index contributed by atoms with van der Waals surface area (Å²) in [6.07, 6.45) is 4.37. The van der Waals surface area contributed by atoms with E-state index >= 15 is 0 Å². The largest absolute Gasteiger partial charge is 0.379 e. The van der Waals surface area contributed by atoms with Gasteiger partial charge in [0.15, 0.2) is 0 Å². The molecule has 1 aliphatic carbocycles. The Bertz CT molecular complexity index is 119. The molecule has 2 unspecified atom stereocenters. The van der Waals surface area contributed by atoms with Gasteiger partial charge in [-0.1, -0.05) is 22.6 Å². The normalized spacial score (nSPS) is 29.5. The van der Waals surface area contributed by atoms with E-state index in [-0.39, 0.29) is 0 Å². The van der Waals surface area contributed by atoms with E-state index < -0.39 is 0 Å². The first-order valence-electron chi connectivity index (χ1n) is 4.68. The van der Waals surface area contributed by atoms with Crippen molar-refractivity contribution in [2.45, 2.75) is 36.2 Å². The molecule has 72 valence electrons. The highest BCUT2D eigenvalue weighted by molar-refractivity contribution is 14.1. The van der Waals surface area contributed by atoms with E-state index in [9.17, 15) is 0 Å². The lowest BCUT2D eigenvalue weighted by molar-refractivity contribution is 0.0145. The van der Waals surface area contributed by atoms with Gasteiger partial charge < -0.3 is 9.47 Å². The molecule has 0 heterocycles. The van der Waals surface area contributed by atoms with Crippen LogP contribution in [0.2, 0.25) is 0 Å². The molecular weight excluding hydrogens is 267 g/mol. The second kappa shape index (κ2) is 6.16. The third kappa shape index (κ3) is 3.58. The van der Waals surface area contributed by atoms with E-state index in [0.717, 1.165) is 23.7 Å². The maximum absolute atomic E-state index is 5.68. The van der Waals surface area contributed by atoms with Gasteiger partial charge in [0.05, 0.1) is 19.3 Å². The van der Waals surface area contributed by atoms with Crippen molar-refractivity contribution in [2.24, 2.45) is 0 Å². The number of hydrogen-bond acceptors (Lipinski definition) is 2. The van der Waals surface area contributed by atoms with Crippen molar-refractivity contribution in [3.05, 3.63) is 0 Å². The van der Waals surface area contributed by atoms with Crippen LogP contribution in [0.5, 0.6) is 0 Å². The molecule has 0 aromatic rings. The van der Waals surface area contributed by atoms with Gasteiger partial charge in [0.25, 0.3) is 0 Å². The summed E-state index contributed by atoms with van der Waals surface area (Å²) in [6.45, 7) is 4.31. The van der Waals surface area contributed by atoms with Gasteiger partial charge in [-0.25, -0.2) is 0 Å². The molecule has 0 spiro atoms. The molecule has 1 saturated carbocycles. The molecule has 1 fully saturated rings. The Morgan fingerprint density at radius 3 is 2.75 bits per heavy atom. The van der Waals surface area contributed by atoms with Crippen molar-refractivity contribution in [1.82, 2.24) is 0 Å². The van der Waals surface area contributed by atoms with Gasteiger partial charge in [-0.2, -0.15) is 0 Å². The number of hydrogen-bond donors (Lipinski definition) is 0. The molecule has 1 rings (SSSR count). The Balaban J connectivity index is 1.98. The van der Waals surface area contributed by atoms with Gasteiger partial charge in [0, 0.05) is 10.5 Å². The Morgan fingerprint density at radius 1 is 1.33 bits per heavy atom. The standard InChI is InChI=1S/C9H17IO2/c1-2-11-6-7-12-9-5-3-4-8(9)10/h8-9H,2-7H2,1H3. The van der Waals surface area contributed by atoms with Gasteiger partial charge in [-0.3, -0.25) is 0 Å². The predicted molar refractivity (Wildman–Crippen MR) is 57.9 cm³/mol. The van der Waals surface area contributed by atoms with E-state index in [1.165, 1.54) is 19.3 Å². The van der Waals surface area contributed by atoms with Gasteiger partial charge in [-0.05, 0) is 26.2 Å². The lowest BCUT2D eigenvalue weighted by atomic mass is 10.3. The Kier molecular flexibility index (Phi) is 5.50. The summed E-state index contributed by atoms with van der Waals surface area (Å²) in [7, 11) is 0. The van der Waals surface area contributed by atoms with Crippen molar-refractivity contribution < 1.29 is 9.47 Å². The molecule has 0 bridgehead atoms. The van der Waals surface area contributed by atoms with Crippen LogP contribution in [-0.4, -0.2) is 29.8 Å². The van der Waals surface area contributed by atoms with E-state index in [2.05, 4.69) is 22.6 Å². The zero-order chi connectivity index (χ0) is 8.81. The monoisotopic (exact) mass is 284 g/mol. The Hall–Kier alpha value is 0.650. The number of halogens is 1. The fourth-order valence-electron chi connectivity index (χ4n) is 1.47. The molecule has 0 aromatic carbocycles. The van der Waals surface area contributed by atoms with Crippen LogP contribution in [0.15, 0.2) is 0 Å². The van der Waals surface area contributed by atoms with Crippen molar-refractivity contribution in [3.63, 3.8) is 0 Å². The molecule has 2 nitrogen and oxygen atoms in total.